The first-order valence-electron chi connectivity index (χ1n) is 10.3. The normalized spacial score (nSPS) is 23.3. The predicted molar refractivity (Wildman–Crippen MR) is 113 cm³/mol. The SMILES string of the molecule is Cl.O=C(O)C(F)(F)F.O=C1CCC(N2Cc3cc4c(cc3C2=O)OC[C@@H]2CNCCN42)C(=O)N1. The molecule has 4 aliphatic rings. The maximum atomic E-state index is 12.9. The van der Waals surface area contributed by atoms with Crippen molar-refractivity contribution >= 4 is 41.8 Å². The summed E-state index contributed by atoms with van der Waals surface area (Å²) in [6.07, 6.45) is -4.45. The Balaban J connectivity index is 0.000000357. The van der Waals surface area contributed by atoms with E-state index in [1.165, 1.54) is 0 Å². The van der Waals surface area contributed by atoms with Gasteiger partial charge in [-0.2, -0.15) is 13.2 Å². The van der Waals surface area contributed by atoms with E-state index in [-0.39, 0.29) is 36.5 Å². The molecule has 1 unspecified atom stereocenters. The zero-order valence-electron chi connectivity index (χ0n) is 17.7. The molecular formula is C20H22ClF3N4O6. The van der Waals surface area contributed by atoms with E-state index in [1.54, 1.807) is 4.90 Å². The van der Waals surface area contributed by atoms with Crippen molar-refractivity contribution in [1.29, 1.82) is 0 Å². The fourth-order valence-electron chi connectivity index (χ4n) is 4.34. The highest BCUT2D eigenvalue weighted by Gasteiger charge is 2.41. The third-order valence-electron chi connectivity index (χ3n) is 5.94. The molecule has 5 rings (SSSR count). The van der Waals surface area contributed by atoms with Crippen LogP contribution in [0.5, 0.6) is 5.75 Å². The number of imide groups is 1. The van der Waals surface area contributed by atoms with Crippen LogP contribution >= 0.6 is 12.4 Å². The van der Waals surface area contributed by atoms with Gasteiger partial charge in [0, 0.05) is 38.2 Å². The number of carbonyl (C=O) groups excluding carboxylic acids is 3. The van der Waals surface area contributed by atoms with E-state index < -0.39 is 18.2 Å². The molecule has 186 valence electrons. The van der Waals surface area contributed by atoms with Gasteiger partial charge in [-0.05, 0) is 24.1 Å². The molecular weight excluding hydrogens is 485 g/mol. The number of carboxylic acid groups (broad SMARTS) is 1. The number of hydrogen-bond donors (Lipinski definition) is 3. The van der Waals surface area contributed by atoms with Crippen molar-refractivity contribution < 1.29 is 42.2 Å². The molecule has 14 heteroatoms. The minimum atomic E-state index is -5.08. The van der Waals surface area contributed by atoms with E-state index in [9.17, 15) is 27.6 Å². The molecule has 1 aromatic carbocycles. The minimum absolute atomic E-state index is 0. The molecule has 2 fully saturated rings. The number of hydrogen-bond acceptors (Lipinski definition) is 7. The van der Waals surface area contributed by atoms with Crippen LogP contribution in [0.2, 0.25) is 0 Å². The number of carbonyl (C=O) groups is 4. The minimum Gasteiger partial charge on any atom is -0.489 e. The summed E-state index contributed by atoms with van der Waals surface area (Å²) in [5.41, 5.74) is 2.54. The lowest BCUT2D eigenvalue weighted by Gasteiger charge is -2.42. The zero-order chi connectivity index (χ0) is 23.9. The smallest absolute Gasteiger partial charge is 0.489 e. The fraction of sp³-hybridized carbons (Fsp3) is 0.500. The number of nitrogens with zero attached hydrogens (tertiary/aromatic N) is 2. The lowest BCUT2D eigenvalue weighted by Crippen LogP contribution is -2.55. The molecule has 1 aromatic rings. The van der Waals surface area contributed by atoms with Crippen LogP contribution < -0.4 is 20.3 Å². The standard InChI is InChI=1S/C18H20N4O4.C2HF3O2.ClH/c23-16-2-1-13(17(24)20-16)22-8-10-5-14-15(6-12(10)18(22)25)26-9-11-7-19-3-4-21(11)14;3-2(4,5)1(6)7;/h5-6,11,13,19H,1-4,7-9H2,(H,20,23,24);(H,6,7);1H/t11-,13?;;/m0../s1. The Morgan fingerprint density at radius 2 is 1.88 bits per heavy atom. The number of aliphatic carboxylic acids is 1. The lowest BCUT2D eigenvalue weighted by atomic mass is 10.0. The van der Waals surface area contributed by atoms with Crippen LogP contribution in [0.4, 0.5) is 18.9 Å². The van der Waals surface area contributed by atoms with E-state index >= 15 is 0 Å². The number of ether oxygens (including phenoxy) is 1. The second kappa shape index (κ2) is 9.66. The number of benzene rings is 1. The summed E-state index contributed by atoms with van der Waals surface area (Å²) in [5, 5.41) is 12.8. The van der Waals surface area contributed by atoms with Crippen molar-refractivity contribution in [2.75, 3.05) is 31.1 Å². The van der Waals surface area contributed by atoms with Crippen molar-refractivity contribution in [2.24, 2.45) is 0 Å². The van der Waals surface area contributed by atoms with E-state index in [0.29, 0.717) is 31.2 Å². The van der Waals surface area contributed by atoms with Crippen molar-refractivity contribution in [2.45, 2.75) is 37.6 Å². The summed E-state index contributed by atoms with van der Waals surface area (Å²) in [6, 6.07) is 3.57. The molecule has 3 amide bonds. The molecule has 10 nitrogen and oxygen atoms in total. The van der Waals surface area contributed by atoms with E-state index in [2.05, 4.69) is 15.5 Å². The van der Waals surface area contributed by atoms with Crippen molar-refractivity contribution in [3.8, 4) is 5.75 Å². The van der Waals surface area contributed by atoms with E-state index in [0.717, 1.165) is 36.6 Å². The second-order valence-electron chi connectivity index (χ2n) is 8.04. The van der Waals surface area contributed by atoms with Gasteiger partial charge in [0.15, 0.2) is 0 Å². The molecule has 2 atom stereocenters. The Labute approximate surface area is 197 Å². The van der Waals surface area contributed by atoms with Crippen LogP contribution in [0.15, 0.2) is 12.1 Å². The Morgan fingerprint density at radius 3 is 2.53 bits per heavy atom. The monoisotopic (exact) mass is 506 g/mol. The Morgan fingerprint density at radius 1 is 1.18 bits per heavy atom. The Bertz CT molecular complexity index is 1020. The number of anilines is 1. The van der Waals surface area contributed by atoms with Gasteiger partial charge < -0.3 is 25.0 Å². The molecule has 0 bridgehead atoms. The summed E-state index contributed by atoms with van der Waals surface area (Å²) in [5.74, 6) is -2.84. The first kappa shape index (κ1) is 25.6. The predicted octanol–water partition coefficient (Wildman–Crippen LogP) is 0.673. The summed E-state index contributed by atoms with van der Waals surface area (Å²) < 4.78 is 37.6. The van der Waals surface area contributed by atoms with Crippen LogP contribution in [0.3, 0.4) is 0 Å². The van der Waals surface area contributed by atoms with Crippen molar-refractivity contribution in [3.63, 3.8) is 0 Å². The summed E-state index contributed by atoms with van der Waals surface area (Å²) in [4.78, 5) is 49.2. The number of carboxylic acids is 1. The van der Waals surface area contributed by atoms with Gasteiger partial charge in [-0.3, -0.25) is 19.7 Å². The summed E-state index contributed by atoms with van der Waals surface area (Å²) in [7, 11) is 0. The number of piperazine rings is 1. The Kier molecular flexibility index (Phi) is 7.26. The molecule has 34 heavy (non-hydrogen) atoms. The molecule has 2 saturated heterocycles. The zero-order valence-corrected chi connectivity index (χ0v) is 18.5. The second-order valence-corrected chi connectivity index (χ2v) is 8.04. The average molecular weight is 507 g/mol. The topological polar surface area (TPSA) is 128 Å². The molecule has 0 aromatic heterocycles. The number of fused-ring (bicyclic) bond motifs is 4. The average Bonchev–Trinajstić information content (AvgIpc) is 3.07. The van der Waals surface area contributed by atoms with Gasteiger partial charge in [-0.25, -0.2) is 4.79 Å². The highest BCUT2D eigenvalue weighted by Crippen LogP contribution is 2.40. The van der Waals surface area contributed by atoms with Gasteiger partial charge in [0.1, 0.15) is 18.4 Å². The summed E-state index contributed by atoms with van der Waals surface area (Å²) >= 11 is 0. The van der Waals surface area contributed by atoms with Crippen LogP contribution in [-0.4, -0.2) is 78.2 Å². The third kappa shape index (κ3) is 4.89. The van der Waals surface area contributed by atoms with Crippen molar-refractivity contribution in [1.82, 2.24) is 15.5 Å². The van der Waals surface area contributed by atoms with Gasteiger partial charge in [0.25, 0.3) is 5.91 Å². The van der Waals surface area contributed by atoms with Gasteiger partial charge in [-0.1, -0.05) is 0 Å². The van der Waals surface area contributed by atoms with E-state index in [4.69, 9.17) is 14.6 Å². The number of alkyl halides is 3. The Hall–Kier alpha value is -3.06. The molecule has 0 aliphatic carbocycles. The maximum absolute atomic E-state index is 12.9. The molecule has 0 spiro atoms. The fourth-order valence-corrected chi connectivity index (χ4v) is 4.34. The van der Waals surface area contributed by atoms with Gasteiger partial charge in [0.2, 0.25) is 11.8 Å². The van der Waals surface area contributed by atoms with Gasteiger partial charge in [0.05, 0.1) is 11.7 Å². The molecule has 4 aliphatic heterocycles. The molecule has 4 heterocycles. The first-order valence-corrected chi connectivity index (χ1v) is 10.3. The highest BCUT2D eigenvalue weighted by atomic mass is 35.5. The van der Waals surface area contributed by atoms with E-state index in [1.807, 2.05) is 12.1 Å². The van der Waals surface area contributed by atoms with Crippen LogP contribution in [0.25, 0.3) is 0 Å². The lowest BCUT2D eigenvalue weighted by molar-refractivity contribution is -0.192. The van der Waals surface area contributed by atoms with Gasteiger partial charge in [-0.15, -0.1) is 12.4 Å². The van der Waals surface area contributed by atoms with Crippen molar-refractivity contribution in [3.05, 3.63) is 23.3 Å². The molecule has 0 saturated carbocycles. The summed E-state index contributed by atoms with van der Waals surface area (Å²) in [6.45, 7) is 3.71. The third-order valence-corrected chi connectivity index (χ3v) is 5.94. The van der Waals surface area contributed by atoms with Crippen LogP contribution in [-0.2, 0) is 20.9 Å². The number of rotatable bonds is 1. The highest BCUT2D eigenvalue weighted by molar-refractivity contribution is 6.05. The quantitative estimate of drug-likeness (QED) is 0.474. The number of halogens is 4. The van der Waals surface area contributed by atoms with Gasteiger partial charge >= 0.3 is 12.1 Å². The van der Waals surface area contributed by atoms with Crippen LogP contribution in [0.1, 0.15) is 28.8 Å². The first-order chi connectivity index (χ1) is 15.6. The number of amides is 3. The number of piperidine rings is 1. The number of nitrogens with one attached hydrogen (secondary N) is 2. The maximum Gasteiger partial charge on any atom is 0.490 e. The molecule has 0 radical (unpaired) electrons. The largest absolute Gasteiger partial charge is 0.490 e. The molecule has 3 N–H and O–H groups in total. The van der Waals surface area contributed by atoms with Crippen LogP contribution in [0, 0.1) is 0 Å².